The Morgan fingerprint density at radius 3 is 2.49 bits per heavy atom. The summed E-state index contributed by atoms with van der Waals surface area (Å²) >= 11 is 6.00. The zero-order valence-electron chi connectivity index (χ0n) is 19.4. The Kier molecular flexibility index (Phi) is 6.49. The minimum absolute atomic E-state index is 0.0774. The van der Waals surface area contributed by atoms with Crippen molar-refractivity contribution < 1.29 is 31.5 Å². The monoisotopic (exact) mass is 530 g/mol. The van der Waals surface area contributed by atoms with Crippen LogP contribution in [0.1, 0.15) is 32.3 Å². The molecule has 5 rings (SSSR count). The molecule has 11 heteroatoms. The van der Waals surface area contributed by atoms with Crippen LogP contribution in [0.15, 0.2) is 36.4 Å². The third-order valence-electron chi connectivity index (χ3n) is 6.62. The fourth-order valence-corrected chi connectivity index (χ4v) is 6.12. The van der Waals surface area contributed by atoms with Crippen LogP contribution in [0.4, 0.5) is 13.2 Å². The van der Waals surface area contributed by atoms with Crippen LogP contribution in [0.5, 0.6) is 0 Å². The van der Waals surface area contributed by atoms with Crippen molar-refractivity contribution in [2.24, 2.45) is 0 Å². The highest BCUT2D eigenvalue weighted by atomic mass is 35.5. The van der Waals surface area contributed by atoms with E-state index in [0.29, 0.717) is 10.6 Å². The van der Waals surface area contributed by atoms with Crippen LogP contribution in [-0.4, -0.2) is 60.0 Å². The number of carbonyl (C=O) groups excluding carboxylic acids is 1. The molecular weight excluding hydrogens is 505 g/mol. The lowest BCUT2D eigenvalue weighted by Gasteiger charge is -2.61. The molecule has 2 heterocycles. The fraction of sp³-hybridized carbons (Fsp3) is 0.458. The maximum absolute atomic E-state index is 15.7. The molecule has 2 N–H and O–H groups in total. The second-order valence-electron chi connectivity index (χ2n) is 9.94. The SMILES string of the molecule is CC(C)(O)C(=O)N1C2CC(F)(C2)[C@H](NS(C)(=O)=O)[C@@H]1Cc1cc(F)cc(-c2cccc(Cl)c2)c1F. The van der Waals surface area contributed by atoms with Gasteiger partial charge in [0.1, 0.15) is 22.9 Å². The number of nitrogens with zero attached hydrogens (tertiary/aromatic N) is 1. The number of nitrogens with one attached hydrogen (secondary N) is 1. The highest BCUT2D eigenvalue weighted by molar-refractivity contribution is 7.88. The van der Waals surface area contributed by atoms with Crippen LogP contribution in [-0.2, 0) is 21.2 Å². The molecule has 2 atom stereocenters. The number of hydrogen-bond acceptors (Lipinski definition) is 4. The summed E-state index contributed by atoms with van der Waals surface area (Å²) < 4.78 is 72.4. The summed E-state index contributed by atoms with van der Waals surface area (Å²) in [5, 5.41) is 10.7. The van der Waals surface area contributed by atoms with E-state index in [4.69, 9.17) is 11.6 Å². The smallest absolute Gasteiger partial charge is 0.254 e. The standard InChI is InChI=1S/C24H26ClF3N2O4S/c1-23(2,32)22(31)30-17-11-24(28,12-17)21(29-35(3,33)34)19(30)9-14-8-16(26)10-18(20(14)27)13-5-4-6-15(25)7-13/h4-8,10,17,19,21,29,32H,9,11-12H2,1-3H3/t17?,19-,21+,24?/m0/s1. The lowest BCUT2D eigenvalue weighted by Crippen LogP contribution is -2.78. The van der Waals surface area contributed by atoms with Crippen molar-refractivity contribution >= 4 is 27.5 Å². The quantitative estimate of drug-likeness (QED) is 0.597. The zero-order valence-corrected chi connectivity index (χ0v) is 20.9. The van der Waals surface area contributed by atoms with Gasteiger partial charge in [-0.1, -0.05) is 23.7 Å². The molecule has 2 aliphatic heterocycles. The number of carbonyl (C=O) groups is 1. The van der Waals surface area contributed by atoms with Crippen molar-refractivity contribution in [1.82, 2.24) is 9.62 Å². The van der Waals surface area contributed by atoms with Crippen LogP contribution >= 0.6 is 11.6 Å². The molecule has 190 valence electrons. The van der Waals surface area contributed by atoms with E-state index in [0.717, 1.165) is 18.4 Å². The van der Waals surface area contributed by atoms with E-state index in [9.17, 15) is 22.7 Å². The minimum atomic E-state index is -3.93. The lowest BCUT2D eigenvalue weighted by atomic mass is 9.64. The van der Waals surface area contributed by atoms with Gasteiger partial charge in [0, 0.05) is 29.5 Å². The molecule has 35 heavy (non-hydrogen) atoms. The average molecular weight is 531 g/mol. The van der Waals surface area contributed by atoms with E-state index in [-0.39, 0.29) is 30.4 Å². The van der Waals surface area contributed by atoms with Gasteiger partial charge in [-0.15, -0.1) is 0 Å². The average Bonchev–Trinajstić information content (AvgIpc) is 2.70. The van der Waals surface area contributed by atoms with Crippen molar-refractivity contribution in [2.75, 3.05) is 6.26 Å². The van der Waals surface area contributed by atoms with Crippen LogP contribution in [0, 0.1) is 11.6 Å². The summed E-state index contributed by atoms with van der Waals surface area (Å²) in [7, 11) is -3.93. The summed E-state index contributed by atoms with van der Waals surface area (Å²) in [6.07, 6.45) is 0.227. The molecule has 1 saturated carbocycles. The maximum atomic E-state index is 15.7. The summed E-state index contributed by atoms with van der Waals surface area (Å²) in [5.41, 5.74) is -3.73. The molecule has 3 aliphatic rings. The molecule has 2 bridgehead atoms. The van der Waals surface area contributed by atoms with Gasteiger partial charge < -0.3 is 10.0 Å². The summed E-state index contributed by atoms with van der Waals surface area (Å²) in [5.74, 6) is -2.31. The first-order valence-corrected chi connectivity index (χ1v) is 13.3. The van der Waals surface area contributed by atoms with Crippen molar-refractivity contribution in [3.8, 4) is 11.1 Å². The van der Waals surface area contributed by atoms with E-state index < -0.39 is 57.0 Å². The number of rotatable bonds is 6. The van der Waals surface area contributed by atoms with Crippen LogP contribution in [0.2, 0.25) is 5.02 Å². The predicted molar refractivity (Wildman–Crippen MR) is 126 cm³/mol. The normalized spacial score (nSPS) is 26.4. The molecular formula is C24H26ClF3N2O4S. The van der Waals surface area contributed by atoms with Crippen molar-refractivity contribution in [2.45, 2.75) is 62.5 Å². The van der Waals surface area contributed by atoms with Gasteiger partial charge >= 0.3 is 0 Å². The first kappa shape index (κ1) is 25.9. The van der Waals surface area contributed by atoms with Gasteiger partial charge in [0.15, 0.2) is 0 Å². The number of alkyl halides is 1. The largest absolute Gasteiger partial charge is 0.381 e. The zero-order chi connectivity index (χ0) is 25.9. The Morgan fingerprint density at radius 2 is 1.91 bits per heavy atom. The lowest BCUT2D eigenvalue weighted by molar-refractivity contribution is -0.181. The van der Waals surface area contributed by atoms with Crippen molar-refractivity contribution in [1.29, 1.82) is 0 Å². The Hall–Kier alpha value is -2.14. The Balaban J connectivity index is 1.81. The summed E-state index contributed by atoms with van der Waals surface area (Å²) in [4.78, 5) is 14.4. The van der Waals surface area contributed by atoms with Crippen LogP contribution < -0.4 is 4.72 Å². The number of halogens is 4. The second-order valence-corrected chi connectivity index (χ2v) is 12.2. The molecule has 3 fully saturated rings. The second kappa shape index (κ2) is 8.76. The Labute approximate surface area is 207 Å². The molecule has 2 saturated heterocycles. The molecule has 2 aromatic carbocycles. The number of benzene rings is 2. The van der Waals surface area contributed by atoms with Gasteiger partial charge in [0.2, 0.25) is 10.0 Å². The molecule has 1 aliphatic carbocycles. The first-order chi connectivity index (χ1) is 16.1. The minimum Gasteiger partial charge on any atom is -0.381 e. The van der Waals surface area contributed by atoms with E-state index in [1.165, 1.54) is 24.8 Å². The van der Waals surface area contributed by atoms with E-state index in [1.807, 2.05) is 0 Å². The molecule has 1 amide bonds. The number of amides is 1. The number of sulfonamides is 1. The summed E-state index contributed by atoms with van der Waals surface area (Å²) in [6, 6.07) is 4.91. The first-order valence-electron chi connectivity index (χ1n) is 11.0. The molecule has 6 nitrogen and oxygen atoms in total. The van der Waals surface area contributed by atoms with Gasteiger partial charge in [0.25, 0.3) is 5.91 Å². The molecule has 0 spiro atoms. The van der Waals surface area contributed by atoms with Crippen molar-refractivity contribution in [3.05, 3.63) is 58.6 Å². The highest BCUT2D eigenvalue weighted by Crippen LogP contribution is 2.50. The number of hydrogen-bond donors (Lipinski definition) is 2. The maximum Gasteiger partial charge on any atom is 0.254 e. The number of fused-ring (bicyclic) bond motifs is 2. The Bertz CT molecular complexity index is 1280. The van der Waals surface area contributed by atoms with Gasteiger partial charge in [-0.2, -0.15) is 0 Å². The van der Waals surface area contributed by atoms with Gasteiger partial charge in [-0.3, -0.25) is 4.79 Å². The van der Waals surface area contributed by atoms with Crippen LogP contribution in [0.25, 0.3) is 11.1 Å². The van der Waals surface area contributed by atoms with Gasteiger partial charge in [-0.05, 0) is 55.7 Å². The van der Waals surface area contributed by atoms with E-state index in [1.54, 1.807) is 18.2 Å². The van der Waals surface area contributed by atoms with Gasteiger partial charge in [-0.25, -0.2) is 26.3 Å². The topological polar surface area (TPSA) is 86.7 Å². The van der Waals surface area contributed by atoms with Crippen LogP contribution in [0.3, 0.4) is 0 Å². The molecule has 2 aromatic rings. The number of aliphatic hydroxyl groups is 1. The van der Waals surface area contributed by atoms with E-state index >= 15 is 8.78 Å². The molecule has 0 radical (unpaired) electrons. The summed E-state index contributed by atoms with van der Waals surface area (Å²) in [6.45, 7) is 2.53. The van der Waals surface area contributed by atoms with E-state index in [2.05, 4.69) is 4.72 Å². The van der Waals surface area contributed by atoms with Crippen molar-refractivity contribution in [3.63, 3.8) is 0 Å². The van der Waals surface area contributed by atoms with Gasteiger partial charge in [0.05, 0.1) is 18.3 Å². The fourth-order valence-electron chi connectivity index (χ4n) is 5.10. The molecule has 0 unspecified atom stereocenters. The third-order valence-corrected chi connectivity index (χ3v) is 7.54. The third kappa shape index (κ3) is 5.07. The highest BCUT2D eigenvalue weighted by Gasteiger charge is 2.64. The number of piperidine rings is 2. The predicted octanol–water partition coefficient (Wildman–Crippen LogP) is 3.60. The molecule has 0 aromatic heterocycles. The Morgan fingerprint density at radius 1 is 1.26 bits per heavy atom.